The maximum atomic E-state index is 12.5. The Kier molecular flexibility index (Phi) is 5.42. The zero-order chi connectivity index (χ0) is 18.5. The van der Waals surface area contributed by atoms with Crippen molar-refractivity contribution in [2.75, 3.05) is 14.2 Å². The van der Waals surface area contributed by atoms with E-state index in [2.05, 4.69) is 23.5 Å². The number of fused-ring (bicyclic) bond motifs is 1. The highest BCUT2D eigenvalue weighted by Gasteiger charge is 2.15. The van der Waals surface area contributed by atoms with E-state index in [9.17, 15) is 4.79 Å². The van der Waals surface area contributed by atoms with Gasteiger partial charge in [0, 0.05) is 5.56 Å². The summed E-state index contributed by atoms with van der Waals surface area (Å²) in [6, 6.07) is 19.6. The fraction of sp³-hybridized carbons (Fsp3) is 0.227. The second kappa shape index (κ2) is 7.91. The average Bonchev–Trinajstić information content (AvgIpc) is 2.67. The van der Waals surface area contributed by atoms with Gasteiger partial charge in [-0.3, -0.25) is 4.79 Å². The first-order valence-corrected chi connectivity index (χ1v) is 8.59. The molecule has 4 nitrogen and oxygen atoms in total. The average molecular weight is 349 g/mol. The van der Waals surface area contributed by atoms with Crippen LogP contribution < -0.4 is 14.8 Å². The zero-order valence-electron chi connectivity index (χ0n) is 15.3. The highest BCUT2D eigenvalue weighted by atomic mass is 16.5. The SMILES string of the molecule is COc1ccc(OC)c(C(C)NC(=O)Cc2ccc3ccccc3c2)c1. The van der Waals surface area contributed by atoms with Crippen molar-refractivity contribution in [1.82, 2.24) is 5.32 Å². The molecule has 0 fully saturated rings. The van der Waals surface area contributed by atoms with E-state index in [4.69, 9.17) is 9.47 Å². The molecule has 1 amide bonds. The molecule has 0 aliphatic carbocycles. The molecule has 0 heterocycles. The van der Waals surface area contributed by atoms with Crippen molar-refractivity contribution in [2.45, 2.75) is 19.4 Å². The summed E-state index contributed by atoms with van der Waals surface area (Å²) in [4.78, 5) is 12.5. The van der Waals surface area contributed by atoms with Gasteiger partial charge in [-0.25, -0.2) is 0 Å². The summed E-state index contributed by atoms with van der Waals surface area (Å²) in [5.41, 5.74) is 1.88. The molecule has 0 spiro atoms. The number of carbonyl (C=O) groups is 1. The van der Waals surface area contributed by atoms with Crippen LogP contribution in [0.5, 0.6) is 11.5 Å². The van der Waals surface area contributed by atoms with Gasteiger partial charge in [0.25, 0.3) is 0 Å². The molecule has 3 rings (SSSR count). The number of amides is 1. The van der Waals surface area contributed by atoms with Gasteiger partial charge in [0.05, 0.1) is 26.7 Å². The van der Waals surface area contributed by atoms with Gasteiger partial charge >= 0.3 is 0 Å². The van der Waals surface area contributed by atoms with E-state index in [-0.39, 0.29) is 11.9 Å². The Labute approximate surface area is 153 Å². The Bertz CT molecular complexity index is 920. The van der Waals surface area contributed by atoms with Gasteiger partial charge in [-0.2, -0.15) is 0 Å². The van der Waals surface area contributed by atoms with Crippen molar-refractivity contribution in [3.05, 3.63) is 71.8 Å². The number of nitrogens with one attached hydrogen (secondary N) is 1. The summed E-state index contributed by atoms with van der Waals surface area (Å²) < 4.78 is 10.7. The van der Waals surface area contributed by atoms with E-state index >= 15 is 0 Å². The number of methoxy groups -OCH3 is 2. The quantitative estimate of drug-likeness (QED) is 0.723. The Morgan fingerprint density at radius 2 is 1.73 bits per heavy atom. The highest BCUT2D eigenvalue weighted by Crippen LogP contribution is 2.29. The summed E-state index contributed by atoms with van der Waals surface area (Å²) in [5.74, 6) is 1.43. The number of benzene rings is 3. The van der Waals surface area contributed by atoms with Crippen molar-refractivity contribution in [1.29, 1.82) is 0 Å². The predicted octanol–water partition coefficient (Wildman–Crippen LogP) is 4.28. The minimum atomic E-state index is -0.187. The first-order valence-electron chi connectivity index (χ1n) is 8.59. The first kappa shape index (κ1) is 17.8. The van der Waals surface area contributed by atoms with E-state index in [1.807, 2.05) is 49.4 Å². The van der Waals surface area contributed by atoms with Crippen molar-refractivity contribution in [3.63, 3.8) is 0 Å². The number of hydrogen-bond donors (Lipinski definition) is 1. The van der Waals surface area contributed by atoms with Crippen LogP contribution in [0.1, 0.15) is 24.1 Å². The van der Waals surface area contributed by atoms with E-state index < -0.39 is 0 Å². The normalized spacial score (nSPS) is 11.8. The minimum absolute atomic E-state index is 0.0299. The molecule has 3 aromatic carbocycles. The van der Waals surface area contributed by atoms with Crippen LogP contribution in [-0.2, 0) is 11.2 Å². The van der Waals surface area contributed by atoms with Crippen LogP contribution in [0.4, 0.5) is 0 Å². The van der Waals surface area contributed by atoms with Gasteiger partial charge in [0.1, 0.15) is 11.5 Å². The van der Waals surface area contributed by atoms with Crippen molar-refractivity contribution < 1.29 is 14.3 Å². The standard InChI is InChI=1S/C22H23NO3/c1-15(20-14-19(25-2)10-11-21(20)26-3)23-22(24)13-16-8-9-17-6-4-5-7-18(17)12-16/h4-12,14-15H,13H2,1-3H3,(H,23,24). The van der Waals surface area contributed by atoms with Gasteiger partial charge < -0.3 is 14.8 Å². The number of rotatable bonds is 6. The van der Waals surface area contributed by atoms with Crippen LogP contribution in [0.25, 0.3) is 10.8 Å². The summed E-state index contributed by atoms with van der Waals surface area (Å²) in [6.07, 6.45) is 0.335. The second-order valence-electron chi connectivity index (χ2n) is 6.26. The summed E-state index contributed by atoms with van der Waals surface area (Å²) in [5, 5.41) is 5.36. The smallest absolute Gasteiger partial charge is 0.224 e. The lowest BCUT2D eigenvalue weighted by Gasteiger charge is -2.18. The number of carbonyl (C=O) groups excluding carboxylic acids is 1. The molecule has 134 valence electrons. The fourth-order valence-corrected chi connectivity index (χ4v) is 3.08. The van der Waals surface area contributed by atoms with Gasteiger partial charge in [0.2, 0.25) is 5.91 Å². The van der Waals surface area contributed by atoms with Crippen molar-refractivity contribution in [3.8, 4) is 11.5 Å². The lowest BCUT2D eigenvalue weighted by molar-refractivity contribution is -0.121. The Morgan fingerprint density at radius 3 is 2.46 bits per heavy atom. The molecule has 0 saturated heterocycles. The third-order valence-electron chi connectivity index (χ3n) is 4.46. The summed E-state index contributed by atoms with van der Waals surface area (Å²) >= 11 is 0. The highest BCUT2D eigenvalue weighted by molar-refractivity contribution is 5.85. The molecule has 1 unspecified atom stereocenters. The first-order chi connectivity index (χ1) is 12.6. The van der Waals surface area contributed by atoms with Crippen LogP contribution >= 0.6 is 0 Å². The zero-order valence-corrected chi connectivity index (χ0v) is 15.3. The maximum absolute atomic E-state index is 12.5. The molecule has 3 aromatic rings. The predicted molar refractivity (Wildman–Crippen MR) is 104 cm³/mol. The monoisotopic (exact) mass is 349 g/mol. The van der Waals surface area contributed by atoms with E-state index in [1.54, 1.807) is 14.2 Å². The number of hydrogen-bond acceptors (Lipinski definition) is 3. The van der Waals surface area contributed by atoms with Gasteiger partial charge in [0.15, 0.2) is 0 Å². The fourth-order valence-electron chi connectivity index (χ4n) is 3.08. The maximum Gasteiger partial charge on any atom is 0.224 e. The third-order valence-corrected chi connectivity index (χ3v) is 4.46. The minimum Gasteiger partial charge on any atom is -0.497 e. The Hall–Kier alpha value is -3.01. The van der Waals surface area contributed by atoms with Gasteiger partial charge in [-0.1, -0.05) is 42.5 Å². The van der Waals surface area contributed by atoms with Crippen molar-refractivity contribution >= 4 is 16.7 Å². The van der Waals surface area contributed by atoms with E-state index in [1.165, 1.54) is 5.39 Å². The molecule has 0 radical (unpaired) electrons. The van der Waals surface area contributed by atoms with Gasteiger partial charge in [-0.15, -0.1) is 0 Å². The Morgan fingerprint density at radius 1 is 0.962 bits per heavy atom. The largest absolute Gasteiger partial charge is 0.497 e. The molecular formula is C22H23NO3. The molecule has 1 atom stereocenters. The molecule has 0 aliphatic rings. The Balaban J connectivity index is 1.72. The molecule has 4 heteroatoms. The molecule has 0 bridgehead atoms. The van der Waals surface area contributed by atoms with E-state index in [0.717, 1.165) is 28.0 Å². The molecule has 26 heavy (non-hydrogen) atoms. The third kappa shape index (κ3) is 3.97. The molecule has 0 aromatic heterocycles. The summed E-state index contributed by atoms with van der Waals surface area (Å²) in [7, 11) is 3.24. The van der Waals surface area contributed by atoms with Crippen molar-refractivity contribution in [2.24, 2.45) is 0 Å². The molecular weight excluding hydrogens is 326 g/mol. The molecule has 0 saturated carbocycles. The molecule has 0 aliphatic heterocycles. The van der Waals surface area contributed by atoms with Gasteiger partial charge in [-0.05, 0) is 41.5 Å². The van der Waals surface area contributed by atoms with Crippen LogP contribution in [0.3, 0.4) is 0 Å². The summed E-state index contributed by atoms with van der Waals surface area (Å²) in [6.45, 7) is 1.94. The van der Waals surface area contributed by atoms with E-state index in [0.29, 0.717) is 6.42 Å². The van der Waals surface area contributed by atoms with Crippen LogP contribution in [0.15, 0.2) is 60.7 Å². The molecule has 1 N–H and O–H groups in total. The number of ether oxygens (including phenoxy) is 2. The lowest BCUT2D eigenvalue weighted by atomic mass is 10.0. The topological polar surface area (TPSA) is 47.6 Å². The van der Waals surface area contributed by atoms with Crippen LogP contribution in [-0.4, -0.2) is 20.1 Å². The van der Waals surface area contributed by atoms with Crippen LogP contribution in [0, 0.1) is 0 Å². The van der Waals surface area contributed by atoms with Crippen LogP contribution in [0.2, 0.25) is 0 Å². The lowest BCUT2D eigenvalue weighted by Crippen LogP contribution is -2.28. The second-order valence-corrected chi connectivity index (χ2v) is 6.26.